The van der Waals surface area contributed by atoms with Gasteiger partial charge in [0.15, 0.2) is 0 Å². The van der Waals surface area contributed by atoms with Crippen LogP contribution in [-0.2, 0) is 4.79 Å². The summed E-state index contributed by atoms with van der Waals surface area (Å²) in [7, 11) is 1.59. The lowest BCUT2D eigenvalue weighted by molar-refractivity contribution is -0.121. The van der Waals surface area contributed by atoms with Crippen LogP contribution in [0.3, 0.4) is 0 Å². The molecule has 1 amide bonds. The molecule has 0 radical (unpaired) electrons. The normalized spacial score (nSPS) is 12.2. The average molecular weight is 181 g/mol. The van der Waals surface area contributed by atoms with Crippen molar-refractivity contribution in [3.05, 3.63) is 35.6 Å². The zero-order valence-corrected chi connectivity index (χ0v) is 7.67. The van der Waals surface area contributed by atoms with Crippen molar-refractivity contribution < 1.29 is 9.18 Å². The van der Waals surface area contributed by atoms with Crippen molar-refractivity contribution in [2.75, 3.05) is 7.05 Å². The van der Waals surface area contributed by atoms with E-state index in [9.17, 15) is 9.18 Å². The zero-order valence-electron chi connectivity index (χ0n) is 7.67. The first-order valence-electron chi connectivity index (χ1n) is 4.12. The Balaban J connectivity index is 2.83. The minimum Gasteiger partial charge on any atom is -0.359 e. The lowest BCUT2D eigenvalue weighted by atomic mass is 10.0. The number of rotatable bonds is 2. The predicted octanol–water partition coefficient (Wildman–Crippen LogP) is 1.68. The molecule has 0 aliphatic heterocycles. The number of amides is 1. The molecule has 0 saturated carbocycles. The van der Waals surface area contributed by atoms with Crippen molar-refractivity contribution in [2.45, 2.75) is 12.8 Å². The van der Waals surface area contributed by atoms with Crippen molar-refractivity contribution in [3.8, 4) is 0 Å². The second kappa shape index (κ2) is 4.03. The van der Waals surface area contributed by atoms with E-state index in [1.807, 2.05) is 0 Å². The van der Waals surface area contributed by atoms with Gasteiger partial charge in [0, 0.05) is 7.05 Å². The highest BCUT2D eigenvalue weighted by Gasteiger charge is 2.12. The lowest BCUT2D eigenvalue weighted by Gasteiger charge is -2.09. The maximum absolute atomic E-state index is 12.5. The number of benzene rings is 1. The van der Waals surface area contributed by atoms with Gasteiger partial charge in [0.25, 0.3) is 0 Å². The van der Waals surface area contributed by atoms with Gasteiger partial charge < -0.3 is 5.32 Å². The largest absolute Gasteiger partial charge is 0.359 e. The maximum atomic E-state index is 12.5. The highest BCUT2D eigenvalue weighted by atomic mass is 19.1. The van der Waals surface area contributed by atoms with Crippen LogP contribution in [0, 0.1) is 5.82 Å². The van der Waals surface area contributed by atoms with E-state index in [0.717, 1.165) is 5.56 Å². The Morgan fingerprint density at radius 3 is 2.38 bits per heavy atom. The van der Waals surface area contributed by atoms with Gasteiger partial charge in [0.1, 0.15) is 5.82 Å². The van der Waals surface area contributed by atoms with Crippen LogP contribution >= 0.6 is 0 Å². The summed E-state index contributed by atoms with van der Waals surface area (Å²) >= 11 is 0. The molecular formula is C10H12FNO. The minimum absolute atomic E-state index is 0.0633. The van der Waals surface area contributed by atoms with Crippen molar-refractivity contribution in [2.24, 2.45) is 0 Å². The third kappa shape index (κ3) is 2.28. The number of carbonyl (C=O) groups is 1. The Morgan fingerprint density at radius 1 is 1.38 bits per heavy atom. The van der Waals surface area contributed by atoms with Gasteiger partial charge in [-0.2, -0.15) is 0 Å². The number of nitrogens with one attached hydrogen (secondary N) is 1. The Morgan fingerprint density at radius 2 is 1.92 bits per heavy atom. The van der Waals surface area contributed by atoms with Gasteiger partial charge in [-0.3, -0.25) is 4.79 Å². The molecule has 1 rings (SSSR count). The topological polar surface area (TPSA) is 29.1 Å². The SMILES string of the molecule is CNC(=O)[C@H](C)c1ccc(F)cc1. The quantitative estimate of drug-likeness (QED) is 0.738. The highest BCUT2D eigenvalue weighted by Crippen LogP contribution is 2.15. The molecule has 0 fully saturated rings. The fraction of sp³-hybridized carbons (Fsp3) is 0.300. The monoisotopic (exact) mass is 181 g/mol. The summed E-state index contributed by atoms with van der Waals surface area (Å²) in [6.07, 6.45) is 0. The number of hydrogen-bond acceptors (Lipinski definition) is 1. The molecule has 0 heterocycles. The fourth-order valence-electron chi connectivity index (χ4n) is 1.12. The summed E-state index contributed by atoms with van der Waals surface area (Å²) in [5.74, 6) is -0.579. The van der Waals surface area contributed by atoms with Crippen LogP contribution < -0.4 is 5.32 Å². The van der Waals surface area contributed by atoms with Crippen LogP contribution in [-0.4, -0.2) is 13.0 Å². The van der Waals surface area contributed by atoms with E-state index < -0.39 is 0 Å². The van der Waals surface area contributed by atoms with Gasteiger partial charge in [-0.1, -0.05) is 12.1 Å². The molecule has 2 nitrogen and oxygen atoms in total. The summed E-state index contributed by atoms with van der Waals surface area (Å²) in [4.78, 5) is 11.2. The van der Waals surface area contributed by atoms with Crippen LogP contribution in [0.15, 0.2) is 24.3 Å². The number of likely N-dealkylation sites (N-methyl/N-ethyl adjacent to an activating group) is 1. The maximum Gasteiger partial charge on any atom is 0.227 e. The van der Waals surface area contributed by atoms with Gasteiger partial charge in [-0.15, -0.1) is 0 Å². The lowest BCUT2D eigenvalue weighted by Crippen LogP contribution is -2.23. The number of hydrogen-bond donors (Lipinski definition) is 1. The molecular weight excluding hydrogens is 169 g/mol. The van der Waals surface area contributed by atoms with Crippen molar-refractivity contribution >= 4 is 5.91 Å². The molecule has 0 unspecified atom stereocenters. The molecule has 1 aromatic rings. The summed E-state index contributed by atoms with van der Waals surface area (Å²) < 4.78 is 12.5. The predicted molar refractivity (Wildman–Crippen MR) is 48.9 cm³/mol. The van der Waals surface area contributed by atoms with Crippen LogP contribution in [0.2, 0.25) is 0 Å². The number of halogens is 1. The molecule has 0 saturated heterocycles. The molecule has 0 aromatic heterocycles. The van der Waals surface area contributed by atoms with Crippen LogP contribution in [0.1, 0.15) is 18.4 Å². The Hall–Kier alpha value is -1.38. The third-order valence-corrected chi connectivity index (χ3v) is 2.01. The van der Waals surface area contributed by atoms with Crippen LogP contribution in [0.5, 0.6) is 0 Å². The third-order valence-electron chi connectivity index (χ3n) is 2.01. The molecule has 0 aliphatic rings. The molecule has 1 atom stereocenters. The fourth-order valence-corrected chi connectivity index (χ4v) is 1.12. The van der Waals surface area contributed by atoms with Crippen LogP contribution in [0.25, 0.3) is 0 Å². The zero-order chi connectivity index (χ0) is 9.84. The molecule has 70 valence electrons. The average Bonchev–Trinajstić information content (AvgIpc) is 2.17. The van der Waals surface area contributed by atoms with Crippen molar-refractivity contribution in [1.29, 1.82) is 0 Å². The van der Waals surface area contributed by atoms with E-state index >= 15 is 0 Å². The molecule has 0 aliphatic carbocycles. The highest BCUT2D eigenvalue weighted by molar-refractivity contribution is 5.82. The molecule has 1 aromatic carbocycles. The van der Waals surface area contributed by atoms with E-state index in [1.54, 1.807) is 26.1 Å². The smallest absolute Gasteiger partial charge is 0.227 e. The Bertz CT molecular complexity index is 294. The first-order chi connectivity index (χ1) is 6.15. The van der Waals surface area contributed by atoms with E-state index in [0.29, 0.717) is 0 Å². The summed E-state index contributed by atoms with van der Waals surface area (Å²) in [6.45, 7) is 1.78. The summed E-state index contributed by atoms with van der Waals surface area (Å²) in [5.41, 5.74) is 0.820. The second-order valence-electron chi connectivity index (χ2n) is 2.89. The molecule has 1 N–H and O–H groups in total. The van der Waals surface area contributed by atoms with E-state index in [-0.39, 0.29) is 17.6 Å². The van der Waals surface area contributed by atoms with Gasteiger partial charge in [-0.05, 0) is 24.6 Å². The molecule has 13 heavy (non-hydrogen) atoms. The van der Waals surface area contributed by atoms with Gasteiger partial charge in [0.2, 0.25) is 5.91 Å². The summed E-state index contributed by atoms with van der Waals surface area (Å²) in [5, 5.41) is 2.55. The van der Waals surface area contributed by atoms with Gasteiger partial charge in [0.05, 0.1) is 5.92 Å². The van der Waals surface area contributed by atoms with Gasteiger partial charge >= 0.3 is 0 Å². The molecule has 0 bridgehead atoms. The minimum atomic E-state index is -0.284. The molecule has 3 heteroatoms. The van der Waals surface area contributed by atoms with E-state index in [2.05, 4.69) is 5.32 Å². The van der Waals surface area contributed by atoms with E-state index in [1.165, 1.54) is 12.1 Å². The molecule has 0 spiro atoms. The van der Waals surface area contributed by atoms with Crippen LogP contribution in [0.4, 0.5) is 4.39 Å². The van der Waals surface area contributed by atoms with Gasteiger partial charge in [-0.25, -0.2) is 4.39 Å². The summed E-state index contributed by atoms with van der Waals surface area (Å²) in [6, 6.07) is 5.95. The van der Waals surface area contributed by atoms with Crippen molar-refractivity contribution in [1.82, 2.24) is 5.32 Å². The second-order valence-corrected chi connectivity index (χ2v) is 2.89. The number of carbonyl (C=O) groups excluding carboxylic acids is 1. The Kier molecular flexibility index (Phi) is 3.01. The Labute approximate surface area is 76.8 Å². The standard InChI is InChI=1S/C10H12FNO/c1-7(10(13)12-2)8-3-5-9(11)6-4-8/h3-7H,1-2H3,(H,12,13)/t7-/m1/s1. The van der Waals surface area contributed by atoms with Crippen molar-refractivity contribution in [3.63, 3.8) is 0 Å². The van der Waals surface area contributed by atoms with E-state index in [4.69, 9.17) is 0 Å². The first-order valence-corrected chi connectivity index (χ1v) is 4.12. The first kappa shape index (κ1) is 9.71.